The number of rotatable bonds is 5. The zero-order chi connectivity index (χ0) is 16.4. The Morgan fingerprint density at radius 3 is 2.57 bits per heavy atom. The molecule has 2 heterocycles. The van der Waals surface area contributed by atoms with Gasteiger partial charge in [0.05, 0.1) is 11.4 Å². The first kappa shape index (κ1) is 15.7. The molecule has 0 saturated carbocycles. The van der Waals surface area contributed by atoms with Crippen LogP contribution in [0, 0.1) is 0 Å². The van der Waals surface area contributed by atoms with Crippen LogP contribution in [0.3, 0.4) is 0 Å². The summed E-state index contributed by atoms with van der Waals surface area (Å²) in [5, 5.41) is 4.46. The molecular weight excluding hydrogens is 340 g/mol. The van der Waals surface area contributed by atoms with E-state index < -0.39 is 9.84 Å². The van der Waals surface area contributed by atoms with Crippen LogP contribution in [0.15, 0.2) is 41.6 Å². The zero-order valence-electron chi connectivity index (χ0n) is 12.2. The van der Waals surface area contributed by atoms with Crippen molar-refractivity contribution in [3.63, 3.8) is 0 Å². The van der Waals surface area contributed by atoms with Gasteiger partial charge in [-0.05, 0) is 24.3 Å². The van der Waals surface area contributed by atoms with Gasteiger partial charge in [0.1, 0.15) is 17.9 Å². The van der Waals surface area contributed by atoms with Crippen LogP contribution in [-0.4, -0.2) is 41.0 Å². The van der Waals surface area contributed by atoms with Crippen molar-refractivity contribution >= 4 is 32.6 Å². The summed E-state index contributed by atoms with van der Waals surface area (Å²) < 4.78 is 30.0. The molecule has 0 saturated heterocycles. The maximum absolute atomic E-state index is 11.4. The Kier molecular flexibility index (Phi) is 4.18. The molecule has 0 bridgehead atoms. The summed E-state index contributed by atoms with van der Waals surface area (Å²) >= 11 is 6.00. The van der Waals surface area contributed by atoms with Crippen LogP contribution in [0.4, 0.5) is 0 Å². The first-order valence-electron chi connectivity index (χ1n) is 6.71. The third-order valence-electron chi connectivity index (χ3n) is 3.15. The van der Waals surface area contributed by atoms with E-state index in [0.717, 1.165) is 6.26 Å². The normalized spacial score (nSPS) is 11.7. The molecule has 3 rings (SSSR count). The largest absolute Gasteiger partial charge is 0.492 e. The molecule has 9 heteroatoms. The molecule has 0 aliphatic heterocycles. The molecule has 3 aromatic rings. The Labute approximate surface area is 137 Å². The van der Waals surface area contributed by atoms with Gasteiger partial charge in [-0.3, -0.25) is 0 Å². The predicted molar refractivity (Wildman–Crippen MR) is 85.4 cm³/mol. The van der Waals surface area contributed by atoms with Gasteiger partial charge >= 0.3 is 0 Å². The van der Waals surface area contributed by atoms with E-state index in [0.29, 0.717) is 35.2 Å². The van der Waals surface area contributed by atoms with Gasteiger partial charge in [-0.1, -0.05) is 11.6 Å². The third kappa shape index (κ3) is 3.43. The Morgan fingerprint density at radius 2 is 1.87 bits per heavy atom. The minimum absolute atomic E-state index is 0.255. The summed E-state index contributed by atoms with van der Waals surface area (Å²) in [6, 6.07) is 6.25. The highest BCUT2D eigenvalue weighted by Crippen LogP contribution is 2.19. The van der Waals surface area contributed by atoms with Crippen LogP contribution in [0.5, 0.6) is 5.75 Å². The molecule has 0 fully saturated rings. The van der Waals surface area contributed by atoms with E-state index in [1.54, 1.807) is 29.2 Å². The maximum atomic E-state index is 11.4. The summed E-state index contributed by atoms with van der Waals surface area (Å²) in [7, 11) is -3.20. The van der Waals surface area contributed by atoms with Gasteiger partial charge in [-0.15, -0.1) is 0 Å². The molecule has 0 spiro atoms. The highest BCUT2D eigenvalue weighted by atomic mass is 35.5. The van der Waals surface area contributed by atoms with Gasteiger partial charge in [-0.2, -0.15) is 5.10 Å². The summed E-state index contributed by atoms with van der Waals surface area (Å²) in [5.74, 6) is 0.575. The van der Waals surface area contributed by atoms with Crippen LogP contribution < -0.4 is 4.74 Å². The zero-order valence-corrected chi connectivity index (χ0v) is 13.8. The van der Waals surface area contributed by atoms with Gasteiger partial charge in [0.15, 0.2) is 20.6 Å². The van der Waals surface area contributed by atoms with Gasteiger partial charge < -0.3 is 4.74 Å². The lowest BCUT2D eigenvalue weighted by Gasteiger charge is -2.07. The van der Waals surface area contributed by atoms with E-state index in [2.05, 4.69) is 15.1 Å². The van der Waals surface area contributed by atoms with Crippen molar-refractivity contribution in [2.45, 2.75) is 11.4 Å². The molecule has 0 aliphatic carbocycles. The molecule has 23 heavy (non-hydrogen) atoms. The molecule has 7 nitrogen and oxygen atoms in total. The standard InChI is InChI=1S/C14H13ClN4O3S/c1-23(20,21)11-4-2-10(3-5-11)22-9-8-19-14-12(13(15)18-19)16-6-7-17-14/h2-7H,8-9H2,1H3. The number of benzene rings is 1. The van der Waals surface area contributed by atoms with Gasteiger partial charge in [0.2, 0.25) is 0 Å². The minimum Gasteiger partial charge on any atom is -0.492 e. The van der Waals surface area contributed by atoms with Crippen LogP contribution >= 0.6 is 11.6 Å². The van der Waals surface area contributed by atoms with Gasteiger partial charge in [-0.25, -0.2) is 23.1 Å². The predicted octanol–water partition coefficient (Wildman–Crippen LogP) is 1.96. The number of sulfone groups is 1. The quantitative estimate of drug-likeness (QED) is 0.697. The molecule has 0 radical (unpaired) electrons. The van der Waals surface area contributed by atoms with Crippen LogP contribution in [-0.2, 0) is 16.4 Å². The SMILES string of the molecule is CS(=O)(=O)c1ccc(OCCn2nc(Cl)c3nccnc32)cc1. The minimum atomic E-state index is -3.20. The summed E-state index contributed by atoms with van der Waals surface area (Å²) in [6.45, 7) is 0.775. The molecule has 0 amide bonds. The lowest BCUT2D eigenvalue weighted by Crippen LogP contribution is -2.10. The number of aromatic nitrogens is 4. The average Bonchev–Trinajstić information content (AvgIpc) is 2.84. The first-order valence-corrected chi connectivity index (χ1v) is 8.98. The Balaban J connectivity index is 1.67. The van der Waals surface area contributed by atoms with Crippen molar-refractivity contribution in [3.8, 4) is 5.75 Å². The van der Waals surface area contributed by atoms with Crippen LogP contribution in [0.2, 0.25) is 5.15 Å². The fraction of sp³-hybridized carbons (Fsp3) is 0.214. The van der Waals surface area contributed by atoms with E-state index >= 15 is 0 Å². The van der Waals surface area contributed by atoms with Crippen LogP contribution in [0.25, 0.3) is 11.2 Å². The maximum Gasteiger partial charge on any atom is 0.179 e. The van der Waals surface area contributed by atoms with Crippen molar-refractivity contribution in [3.05, 3.63) is 41.8 Å². The number of nitrogens with zero attached hydrogens (tertiary/aromatic N) is 4. The Bertz CT molecular complexity index is 938. The highest BCUT2D eigenvalue weighted by Gasteiger charge is 2.11. The number of hydrogen-bond donors (Lipinski definition) is 0. The van der Waals surface area contributed by atoms with Gasteiger partial charge in [0.25, 0.3) is 0 Å². The molecule has 120 valence electrons. The molecular formula is C14H13ClN4O3S. The van der Waals surface area contributed by atoms with Gasteiger partial charge in [0, 0.05) is 18.6 Å². The van der Waals surface area contributed by atoms with E-state index in [-0.39, 0.29) is 4.90 Å². The Morgan fingerprint density at radius 1 is 1.17 bits per heavy atom. The molecule has 0 N–H and O–H groups in total. The smallest absolute Gasteiger partial charge is 0.179 e. The van der Waals surface area contributed by atoms with E-state index in [1.165, 1.54) is 12.1 Å². The molecule has 0 aliphatic rings. The van der Waals surface area contributed by atoms with E-state index in [1.807, 2.05) is 0 Å². The summed E-state index contributed by atoms with van der Waals surface area (Å²) in [4.78, 5) is 8.58. The van der Waals surface area contributed by atoms with E-state index in [4.69, 9.17) is 16.3 Å². The molecule has 0 unspecified atom stereocenters. The molecule has 0 atom stereocenters. The second-order valence-corrected chi connectivity index (χ2v) is 7.21. The second kappa shape index (κ2) is 6.13. The first-order chi connectivity index (χ1) is 10.9. The second-order valence-electron chi connectivity index (χ2n) is 4.83. The lowest BCUT2D eigenvalue weighted by molar-refractivity contribution is 0.293. The topological polar surface area (TPSA) is 87.0 Å². The van der Waals surface area contributed by atoms with E-state index in [9.17, 15) is 8.42 Å². The van der Waals surface area contributed by atoms with Crippen molar-refractivity contribution in [2.24, 2.45) is 0 Å². The van der Waals surface area contributed by atoms with Crippen molar-refractivity contribution < 1.29 is 13.2 Å². The fourth-order valence-corrected chi connectivity index (χ4v) is 2.91. The average molecular weight is 353 g/mol. The summed E-state index contributed by atoms with van der Waals surface area (Å²) in [5.41, 5.74) is 1.14. The molecule has 2 aromatic heterocycles. The highest BCUT2D eigenvalue weighted by molar-refractivity contribution is 7.90. The number of hydrogen-bond acceptors (Lipinski definition) is 6. The number of ether oxygens (including phenoxy) is 1. The Hall–Kier alpha value is -2.19. The van der Waals surface area contributed by atoms with Crippen molar-refractivity contribution in [1.29, 1.82) is 0 Å². The molecule has 1 aromatic carbocycles. The summed E-state index contributed by atoms with van der Waals surface area (Å²) in [6.07, 6.45) is 4.29. The fourth-order valence-electron chi connectivity index (χ4n) is 2.05. The third-order valence-corrected chi connectivity index (χ3v) is 4.53. The monoisotopic (exact) mass is 352 g/mol. The van der Waals surface area contributed by atoms with Crippen LogP contribution in [0.1, 0.15) is 0 Å². The lowest BCUT2D eigenvalue weighted by atomic mass is 10.3. The number of fused-ring (bicyclic) bond motifs is 1. The van der Waals surface area contributed by atoms with Crippen molar-refractivity contribution in [1.82, 2.24) is 19.7 Å². The number of halogens is 1. The van der Waals surface area contributed by atoms with Crippen molar-refractivity contribution in [2.75, 3.05) is 12.9 Å².